The number of amides is 1. The lowest BCUT2D eigenvalue weighted by atomic mass is 10.2. The highest BCUT2D eigenvalue weighted by atomic mass is 19.1. The van der Waals surface area contributed by atoms with E-state index in [0.29, 0.717) is 0 Å². The summed E-state index contributed by atoms with van der Waals surface area (Å²) in [5, 5.41) is 14.9. The summed E-state index contributed by atoms with van der Waals surface area (Å²) in [6.45, 7) is 0.0467. The Hall–Kier alpha value is -2.94. The minimum Gasteiger partial charge on any atom is -0.482 e. The normalized spacial score (nSPS) is 11.8. The molecule has 0 fully saturated rings. The van der Waals surface area contributed by atoms with Crippen LogP contribution in [0.25, 0.3) is 0 Å². The maximum absolute atomic E-state index is 13.4. The molecular formula is C16H17FN2O6. The Labute approximate surface area is 142 Å². The van der Waals surface area contributed by atoms with Crippen LogP contribution >= 0.6 is 0 Å². The highest BCUT2D eigenvalue weighted by Crippen LogP contribution is 2.17. The molecular weight excluding hydrogens is 335 g/mol. The van der Waals surface area contributed by atoms with Gasteiger partial charge in [-0.25, -0.2) is 9.18 Å². The summed E-state index contributed by atoms with van der Waals surface area (Å²) in [7, 11) is 1.43. The second-order valence-electron chi connectivity index (χ2n) is 5.04. The molecule has 25 heavy (non-hydrogen) atoms. The Bertz CT molecular complexity index is 733. The molecule has 1 aromatic heterocycles. The van der Waals surface area contributed by atoms with Crippen LogP contribution in [0.5, 0.6) is 5.75 Å². The number of hydrogen-bond donors (Lipinski definition) is 2. The number of methoxy groups -OCH3 is 1. The molecule has 0 saturated heterocycles. The van der Waals surface area contributed by atoms with E-state index in [1.807, 2.05) is 0 Å². The highest BCUT2D eigenvalue weighted by Gasteiger charge is 2.22. The van der Waals surface area contributed by atoms with Crippen molar-refractivity contribution < 1.29 is 33.1 Å². The predicted molar refractivity (Wildman–Crippen MR) is 82.6 cm³/mol. The van der Waals surface area contributed by atoms with Crippen LogP contribution < -0.4 is 10.1 Å². The molecule has 0 radical (unpaired) electrons. The van der Waals surface area contributed by atoms with E-state index in [-0.39, 0.29) is 36.8 Å². The van der Waals surface area contributed by atoms with E-state index in [9.17, 15) is 14.0 Å². The molecule has 9 heteroatoms. The molecule has 1 amide bonds. The SMILES string of the molecule is COCCC(NC(=O)c1cc(COc2ccccc2F)on1)C(=O)O. The van der Waals surface area contributed by atoms with E-state index < -0.39 is 23.7 Å². The zero-order valence-corrected chi connectivity index (χ0v) is 13.4. The number of rotatable bonds is 9. The Morgan fingerprint density at radius 2 is 2.16 bits per heavy atom. The summed E-state index contributed by atoms with van der Waals surface area (Å²) >= 11 is 0. The minimum absolute atomic E-state index is 0.0374. The number of hydrogen-bond acceptors (Lipinski definition) is 6. The molecule has 2 N–H and O–H groups in total. The highest BCUT2D eigenvalue weighted by molar-refractivity contribution is 5.94. The van der Waals surface area contributed by atoms with Gasteiger partial charge in [-0.1, -0.05) is 17.3 Å². The molecule has 0 bridgehead atoms. The van der Waals surface area contributed by atoms with Crippen molar-refractivity contribution in [3.63, 3.8) is 0 Å². The average Bonchev–Trinajstić information content (AvgIpc) is 3.06. The fraction of sp³-hybridized carbons (Fsp3) is 0.312. The van der Waals surface area contributed by atoms with Gasteiger partial charge in [0.25, 0.3) is 5.91 Å². The van der Waals surface area contributed by atoms with Crippen molar-refractivity contribution in [2.45, 2.75) is 19.1 Å². The van der Waals surface area contributed by atoms with Gasteiger partial charge in [0.05, 0.1) is 0 Å². The number of carbonyl (C=O) groups excluding carboxylic acids is 1. The summed E-state index contributed by atoms with van der Waals surface area (Å²) in [4.78, 5) is 23.1. The van der Waals surface area contributed by atoms with E-state index in [2.05, 4.69) is 10.5 Å². The molecule has 0 aliphatic rings. The molecule has 0 aliphatic heterocycles. The topological polar surface area (TPSA) is 111 Å². The lowest BCUT2D eigenvalue weighted by Gasteiger charge is -2.12. The van der Waals surface area contributed by atoms with Crippen LogP contribution in [0.2, 0.25) is 0 Å². The zero-order valence-electron chi connectivity index (χ0n) is 13.4. The molecule has 0 spiro atoms. The number of benzene rings is 1. The molecule has 134 valence electrons. The molecule has 2 rings (SSSR count). The van der Waals surface area contributed by atoms with Crippen molar-refractivity contribution in [2.24, 2.45) is 0 Å². The summed E-state index contributed by atoms with van der Waals surface area (Å²) in [6, 6.07) is 6.03. The third kappa shape index (κ3) is 5.28. The molecule has 0 saturated carbocycles. The predicted octanol–water partition coefficient (Wildman–Crippen LogP) is 1.61. The number of carbonyl (C=O) groups is 2. The Morgan fingerprint density at radius 3 is 2.84 bits per heavy atom. The fourth-order valence-corrected chi connectivity index (χ4v) is 1.92. The van der Waals surface area contributed by atoms with Crippen molar-refractivity contribution >= 4 is 11.9 Å². The van der Waals surface area contributed by atoms with Crippen LogP contribution in [0.1, 0.15) is 22.7 Å². The second-order valence-corrected chi connectivity index (χ2v) is 5.04. The molecule has 1 atom stereocenters. The standard InChI is InChI=1S/C16H17FN2O6/c1-23-7-6-12(16(21)22)18-15(20)13-8-10(25-19-13)9-24-14-5-3-2-4-11(14)17/h2-5,8,12H,6-7,9H2,1H3,(H,18,20)(H,21,22). The maximum Gasteiger partial charge on any atom is 0.326 e. The third-order valence-corrected chi connectivity index (χ3v) is 3.21. The Morgan fingerprint density at radius 1 is 1.40 bits per heavy atom. The van der Waals surface area contributed by atoms with Gasteiger partial charge in [0.15, 0.2) is 23.0 Å². The number of carboxylic acid groups (broad SMARTS) is 1. The van der Waals surface area contributed by atoms with Crippen LogP contribution in [0, 0.1) is 5.82 Å². The number of halogens is 1. The van der Waals surface area contributed by atoms with Crippen molar-refractivity contribution in [1.82, 2.24) is 10.5 Å². The number of carboxylic acids is 1. The van der Waals surface area contributed by atoms with Gasteiger partial charge in [0, 0.05) is 26.2 Å². The van der Waals surface area contributed by atoms with Crippen molar-refractivity contribution in [1.29, 1.82) is 0 Å². The number of nitrogens with zero attached hydrogens (tertiary/aromatic N) is 1. The number of ether oxygens (including phenoxy) is 2. The van der Waals surface area contributed by atoms with E-state index in [0.717, 1.165) is 0 Å². The lowest BCUT2D eigenvalue weighted by Crippen LogP contribution is -2.41. The molecule has 1 heterocycles. The minimum atomic E-state index is -1.18. The van der Waals surface area contributed by atoms with Crippen LogP contribution in [-0.2, 0) is 16.1 Å². The third-order valence-electron chi connectivity index (χ3n) is 3.21. The fourth-order valence-electron chi connectivity index (χ4n) is 1.92. The van der Waals surface area contributed by atoms with Crippen LogP contribution in [0.4, 0.5) is 4.39 Å². The first-order chi connectivity index (χ1) is 12.0. The zero-order chi connectivity index (χ0) is 18.2. The Balaban J connectivity index is 1.94. The smallest absolute Gasteiger partial charge is 0.326 e. The summed E-state index contributed by atoms with van der Waals surface area (Å²) in [5.41, 5.74) is -0.101. The van der Waals surface area contributed by atoms with Gasteiger partial charge in [0.2, 0.25) is 0 Å². The van der Waals surface area contributed by atoms with Gasteiger partial charge in [-0.05, 0) is 12.1 Å². The van der Waals surface area contributed by atoms with Gasteiger partial charge < -0.3 is 24.4 Å². The number of para-hydroxylation sites is 1. The number of aliphatic carboxylic acids is 1. The van der Waals surface area contributed by atoms with E-state index in [1.54, 1.807) is 6.07 Å². The first-order valence-electron chi connectivity index (χ1n) is 7.36. The van der Waals surface area contributed by atoms with Crippen LogP contribution in [0.15, 0.2) is 34.9 Å². The quantitative estimate of drug-likeness (QED) is 0.705. The second kappa shape index (κ2) is 8.78. The van der Waals surface area contributed by atoms with Crippen molar-refractivity contribution in [3.8, 4) is 5.75 Å². The molecule has 8 nitrogen and oxygen atoms in total. The first-order valence-corrected chi connectivity index (χ1v) is 7.36. The van der Waals surface area contributed by atoms with Crippen LogP contribution in [0.3, 0.4) is 0 Å². The molecule has 1 aromatic carbocycles. The van der Waals surface area contributed by atoms with Crippen molar-refractivity contribution in [3.05, 3.63) is 47.6 Å². The summed E-state index contributed by atoms with van der Waals surface area (Å²) in [5.74, 6) is -2.18. The largest absolute Gasteiger partial charge is 0.482 e. The van der Waals surface area contributed by atoms with E-state index in [4.69, 9.17) is 19.1 Å². The Kier molecular flexibility index (Phi) is 6.47. The van der Waals surface area contributed by atoms with Gasteiger partial charge in [-0.2, -0.15) is 0 Å². The van der Waals surface area contributed by atoms with E-state index in [1.165, 1.54) is 31.4 Å². The van der Waals surface area contributed by atoms with Crippen LogP contribution in [-0.4, -0.2) is 41.9 Å². The van der Waals surface area contributed by atoms with Gasteiger partial charge >= 0.3 is 5.97 Å². The van der Waals surface area contributed by atoms with Gasteiger partial charge in [-0.3, -0.25) is 4.79 Å². The van der Waals surface area contributed by atoms with Gasteiger partial charge in [0.1, 0.15) is 12.6 Å². The number of aromatic nitrogens is 1. The lowest BCUT2D eigenvalue weighted by molar-refractivity contribution is -0.139. The average molecular weight is 352 g/mol. The summed E-state index contributed by atoms with van der Waals surface area (Å²) < 4.78 is 28.4. The van der Waals surface area contributed by atoms with Crippen molar-refractivity contribution in [2.75, 3.05) is 13.7 Å². The first kappa shape index (κ1) is 18.4. The van der Waals surface area contributed by atoms with E-state index >= 15 is 0 Å². The number of nitrogens with one attached hydrogen (secondary N) is 1. The molecule has 2 aromatic rings. The maximum atomic E-state index is 13.4. The molecule has 1 unspecified atom stereocenters. The molecule has 0 aliphatic carbocycles. The van der Waals surface area contributed by atoms with Gasteiger partial charge in [-0.15, -0.1) is 0 Å². The monoisotopic (exact) mass is 352 g/mol. The summed E-state index contributed by atoms with van der Waals surface area (Å²) in [6.07, 6.45) is 0.110.